The van der Waals surface area contributed by atoms with Gasteiger partial charge in [-0.25, -0.2) is 4.98 Å². The van der Waals surface area contributed by atoms with Crippen molar-refractivity contribution in [2.75, 3.05) is 21.1 Å². The molecule has 7 nitrogen and oxygen atoms in total. The van der Waals surface area contributed by atoms with Crippen molar-refractivity contribution >= 4 is 23.5 Å². The van der Waals surface area contributed by atoms with E-state index in [0.29, 0.717) is 17.3 Å². The third-order valence-corrected chi connectivity index (χ3v) is 4.58. The Hall–Kier alpha value is -2.12. The van der Waals surface area contributed by atoms with Crippen molar-refractivity contribution in [3.05, 3.63) is 51.3 Å². The molecule has 2 rings (SSSR count). The number of halogens is 1. The maximum atomic E-state index is 12.0. The Bertz CT molecular complexity index is 700. The first-order valence-electron chi connectivity index (χ1n) is 7.87. The first kappa shape index (κ1) is 19.2. The number of aliphatic imine (C=N–C) groups is 2. The molecular formula is C17H22ClN5O2. The van der Waals surface area contributed by atoms with Crippen LogP contribution >= 0.6 is 11.6 Å². The predicted molar refractivity (Wildman–Crippen MR) is 101 cm³/mol. The third-order valence-electron chi connectivity index (χ3n) is 4.36. The molecule has 25 heavy (non-hydrogen) atoms. The molecule has 0 aromatic carbocycles. The summed E-state index contributed by atoms with van der Waals surface area (Å²) in [4.78, 5) is 26.3. The van der Waals surface area contributed by atoms with Crippen molar-refractivity contribution in [3.8, 4) is 0 Å². The van der Waals surface area contributed by atoms with E-state index >= 15 is 0 Å². The van der Waals surface area contributed by atoms with Crippen LogP contribution in [0.1, 0.15) is 12.5 Å². The van der Waals surface area contributed by atoms with Crippen LogP contribution in [-0.4, -0.2) is 65.5 Å². The van der Waals surface area contributed by atoms with Gasteiger partial charge >= 0.3 is 0 Å². The van der Waals surface area contributed by atoms with E-state index in [1.165, 1.54) is 0 Å². The maximum Gasteiger partial charge on any atom is 0.268 e. The average molecular weight is 364 g/mol. The quantitative estimate of drug-likeness (QED) is 0.322. The number of nitro groups is 1. The van der Waals surface area contributed by atoms with Crippen molar-refractivity contribution in [2.24, 2.45) is 9.98 Å². The molecule has 2 heterocycles. The number of allylic oxidation sites excluding steroid dienone is 1. The topological polar surface area (TPSA) is 84.0 Å². The van der Waals surface area contributed by atoms with Crippen LogP contribution in [0.15, 0.2) is 40.5 Å². The van der Waals surface area contributed by atoms with Gasteiger partial charge in [0.2, 0.25) is 0 Å². The number of nitrogens with zero attached hydrogens (tertiary/aromatic N) is 5. The van der Waals surface area contributed by atoms with Gasteiger partial charge in [0.15, 0.2) is 0 Å². The van der Waals surface area contributed by atoms with Crippen molar-refractivity contribution in [1.29, 1.82) is 0 Å². The number of hydrogen-bond acceptors (Lipinski definition) is 6. The Balaban J connectivity index is 2.39. The normalized spacial score (nSPS) is 22.4. The van der Waals surface area contributed by atoms with Gasteiger partial charge in [0.1, 0.15) is 11.2 Å². The molecule has 1 aliphatic heterocycles. The molecule has 134 valence electrons. The highest BCUT2D eigenvalue weighted by molar-refractivity contribution is 6.29. The second-order valence-electron chi connectivity index (χ2n) is 6.38. The second-order valence-corrected chi connectivity index (χ2v) is 6.77. The van der Waals surface area contributed by atoms with Crippen LogP contribution in [0.4, 0.5) is 0 Å². The van der Waals surface area contributed by atoms with Crippen LogP contribution in [0, 0.1) is 10.1 Å². The molecule has 1 aromatic rings. The minimum Gasteiger partial charge on any atom is -0.298 e. The average Bonchev–Trinajstić information content (AvgIpc) is 2.99. The summed E-state index contributed by atoms with van der Waals surface area (Å²) in [6, 6.07) is 1.99. The van der Waals surface area contributed by atoms with Crippen molar-refractivity contribution in [1.82, 2.24) is 9.88 Å². The van der Waals surface area contributed by atoms with E-state index in [2.05, 4.69) is 15.0 Å². The Morgan fingerprint density at radius 1 is 1.48 bits per heavy atom. The highest BCUT2D eigenvalue weighted by Crippen LogP contribution is 2.29. The van der Waals surface area contributed by atoms with Crippen molar-refractivity contribution in [2.45, 2.75) is 31.0 Å². The lowest BCUT2D eigenvalue weighted by Gasteiger charge is -2.36. The van der Waals surface area contributed by atoms with Crippen LogP contribution in [0.25, 0.3) is 0 Å². The Morgan fingerprint density at radius 2 is 2.20 bits per heavy atom. The molecule has 3 atom stereocenters. The first-order valence-corrected chi connectivity index (χ1v) is 8.25. The van der Waals surface area contributed by atoms with E-state index < -0.39 is 17.6 Å². The number of rotatable bonds is 7. The molecule has 0 saturated carbocycles. The molecule has 0 saturated heterocycles. The zero-order valence-corrected chi connectivity index (χ0v) is 15.5. The van der Waals surface area contributed by atoms with Gasteiger partial charge in [-0.1, -0.05) is 23.7 Å². The second kappa shape index (κ2) is 7.84. The third kappa shape index (κ3) is 4.29. The number of likely N-dealkylation sites (N-methyl/N-ethyl adjacent to an activating group) is 1. The minimum absolute atomic E-state index is 0.275. The molecule has 8 heteroatoms. The number of hydrogen-bond donors (Lipinski definition) is 0. The zero-order valence-electron chi connectivity index (χ0n) is 14.8. The van der Waals surface area contributed by atoms with E-state index in [4.69, 9.17) is 11.6 Å². The number of aromatic nitrogens is 1. The lowest BCUT2D eigenvalue weighted by molar-refractivity contribution is -0.511. The SMILES string of the molecule is CN=C(Cc1ccc(Cl)nc1)C(C(N(C)C)C1(C)C=CC=N1)[N+](=O)[O-]. The van der Waals surface area contributed by atoms with E-state index in [-0.39, 0.29) is 4.92 Å². The summed E-state index contributed by atoms with van der Waals surface area (Å²) < 4.78 is 0. The summed E-state index contributed by atoms with van der Waals surface area (Å²) in [5, 5.41) is 12.4. The molecule has 0 aliphatic carbocycles. The fourth-order valence-corrected chi connectivity index (χ4v) is 3.35. The summed E-state index contributed by atoms with van der Waals surface area (Å²) >= 11 is 5.81. The highest BCUT2D eigenvalue weighted by atomic mass is 35.5. The summed E-state index contributed by atoms with van der Waals surface area (Å²) in [6.45, 7) is 1.89. The smallest absolute Gasteiger partial charge is 0.268 e. The number of pyridine rings is 1. The van der Waals surface area contributed by atoms with Crippen LogP contribution in [-0.2, 0) is 6.42 Å². The van der Waals surface area contributed by atoms with Crippen LogP contribution in [0.5, 0.6) is 0 Å². The van der Waals surface area contributed by atoms with Gasteiger partial charge < -0.3 is 0 Å². The molecule has 0 N–H and O–H groups in total. The molecule has 1 aliphatic rings. The monoisotopic (exact) mass is 363 g/mol. The molecule has 1 aromatic heterocycles. The van der Waals surface area contributed by atoms with Crippen LogP contribution < -0.4 is 0 Å². The van der Waals surface area contributed by atoms with Gasteiger partial charge in [-0.3, -0.25) is 25.0 Å². The summed E-state index contributed by atoms with van der Waals surface area (Å²) in [7, 11) is 5.23. The van der Waals surface area contributed by atoms with Crippen molar-refractivity contribution in [3.63, 3.8) is 0 Å². The molecule has 0 fully saturated rings. The van der Waals surface area contributed by atoms with E-state index in [1.54, 1.807) is 31.6 Å². The fraction of sp³-hybridized carbons (Fsp3) is 0.471. The first-order chi connectivity index (χ1) is 11.8. The summed E-state index contributed by atoms with van der Waals surface area (Å²) in [5.74, 6) is 0. The Morgan fingerprint density at radius 3 is 2.64 bits per heavy atom. The van der Waals surface area contributed by atoms with Crippen LogP contribution in [0.2, 0.25) is 5.15 Å². The van der Waals surface area contributed by atoms with E-state index in [9.17, 15) is 10.1 Å². The molecule has 0 amide bonds. The van der Waals surface area contributed by atoms with Gasteiger partial charge in [0.05, 0.1) is 11.3 Å². The lowest BCUT2D eigenvalue weighted by atomic mass is 9.83. The molecular weight excluding hydrogens is 342 g/mol. The highest BCUT2D eigenvalue weighted by Gasteiger charge is 2.48. The maximum absolute atomic E-state index is 12.0. The van der Waals surface area contributed by atoms with Gasteiger partial charge in [0.25, 0.3) is 6.04 Å². The van der Waals surface area contributed by atoms with Crippen LogP contribution in [0.3, 0.4) is 0 Å². The zero-order chi connectivity index (χ0) is 18.6. The molecule has 0 bridgehead atoms. The summed E-state index contributed by atoms with van der Waals surface area (Å²) in [6.07, 6.45) is 7.34. The Kier molecular flexibility index (Phi) is 6.02. The van der Waals surface area contributed by atoms with Gasteiger partial charge in [-0.2, -0.15) is 0 Å². The minimum atomic E-state index is -0.999. The van der Waals surface area contributed by atoms with Gasteiger partial charge in [-0.15, -0.1) is 0 Å². The van der Waals surface area contributed by atoms with Crippen molar-refractivity contribution < 1.29 is 4.92 Å². The van der Waals surface area contributed by atoms with E-state index in [0.717, 1.165) is 5.56 Å². The largest absolute Gasteiger partial charge is 0.298 e. The molecule has 3 unspecified atom stereocenters. The predicted octanol–water partition coefficient (Wildman–Crippen LogP) is 2.32. The van der Waals surface area contributed by atoms with E-state index in [1.807, 2.05) is 38.1 Å². The lowest BCUT2D eigenvalue weighted by Crippen LogP contribution is -2.58. The standard InChI is InChI=1S/C17H22ClN5O2/c1-17(8-5-9-21-17)16(22(3)4)15(23(24)25)13(19-2)10-12-6-7-14(18)20-11-12/h5-9,11,15-16H,10H2,1-4H3. The van der Waals surface area contributed by atoms with Gasteiger partial charge in [-0.05, 0) is 38.7 Å². The molecule has 0 radical (unpaired) electrons. The molecule has 0 spiro atoms. The van der Waals surface area contributed by atoms with Gasteiger partial charge in [0, 0.05) is 30.8 Å². The Labute approximate surface area is 152 Å². The summed E-state index contributed by atoms with van der Waals surface area (Å²) in [5.41, 5.74) is 0.615. The fourth-order valence-electron chi connectivity index (χ4n) is 3.24.